The summed E-state index contributed by atoms with van der Waals surface area (Å²) < 4.78 is 1.55. The van der Waals surface area contributed by atoms with E-state index in [4.69, 9.17) is 5.11 Å². The first-order chi connectivity index (χ1) is 8.10. The lowest BCUT2D eigenvalue weighted by Gasteiger charge is -2.20. The van der Waals surface area contributed by atoms with E-state index in [-0.39, 0.29) is 12.0 Å². The minimum Gasteiger partial charge on any atom is -0.481 e. The number of carbonyl (C=O) groups is 1. The number of rotatable bonds is 6. The third-order valence-corrected chi connectivity index (χ3v) is 2.51. The zero-order chi connectivity index (χ0) is 12.8. The molecule has 6 heteroatoms. The van der Waals surface area contributed by atoms with E-state index in [0.29, 0.717) is 25.5 Å². The monoisotopic (exact) mass is 239 g/mol. The molecule has 1 rings (SSSR count). The molecular formula is C11H17N3O3. The van der Waals surface area contributed by atoms with Crippen molar-refractivity contribution in [3.05, 3.63) is 22.7 Å². The van der Waals surface area contributed by atoms with Crippen LogP contribution in [-0.4, -0.2) is 33.7 Å². The van der Waals surface area contributed by atoms with E-state index in [2.05, 4.69) is 4.98 Å². The summed E-state index contributed by atoms with van der Waals surface area (Å²) in [7, 11) is 0. The standard InChI is InChI=1S/C11H17N3O3/c1-3-13(7-5-9(15)16)10-11(17)14(4-2)8-6-12-10/h6,8H,3-5,7H2,1-2H3,(H,15,16). The van der Waals surface area contributed by atoms with Gasteiger partial charge < -0.3 is 14.6 Å². The van der Waals surface area contributed by atoms with Crippen molar-refractivity contribution in [2.24, 2.45) is 0 Å². The number of hydrogen-bond donors (Lipinski definition) is 1. The summed E-state index contributed by atoms with van der Waals surface area (Å²) in [6, 6.07) is 0. The molecule has 0 aliphatic carbocycles. The molecule has 1 aromatic heterocycles. The molecule has 0 radical (unpaired) electrons. The maximum atomic E-state index is 12.0. The van der Waals surface area contributed by atoms with Gasteiger partial charge in [0.2, 0.25) is 0 Å². The maximum Gasteiger partial charge on any atom is 0.305 e. The average Bonchev–Trinajstić information content (AvgIpc) is 2.31. The van der Waals surface area contributed by atoms with Crippen LogP contribution in [0.15, 0.2) is 17.2 Å². The zero-order valence-corrected chi connectivity index (χ0v) is 10.1. The fourth-order valence-electron chi connectivity index (χ4n) is 1.55. The van der Waals surface area contributed by atoms with Crippen molar-refractivity contribution in [2.75, 3.05) is 18.0 Å². The summed E-state index contributed by atoms with van der Waals surface area (Å²) in [5, 5.41) is 8.64. The molecule has 0 saturated carbocycles. The van der Waals surface area contributed by atoms with Crippen LogP contribution >= 0.6 is 0 Å². The first-order valence-corrected chi connectivity index (χ1v) is 5.62. The van der Waals surface area contributed by atoms with Crippen LogP contribution in [-0.2, 0) is 11.3 Å². The largest absolute Gasteiger partial charge is 0.481 e. The van der Waals surface area contributed by atoms with Gasteiger partial charge in [-0.05, 0) is 13.8 Å². The normalized spacial score (nSPS) is 10.2. The van der Waals surface area contributed by atoms with Gasteiger partial charge in [0.15, 0.2) is 5.82 Å². The molecule has 6 nitrogen and oxygen atoms in total. The van der Waals surface area contributed by atoms with Gasteiger partial charge in [-0.1, -0.05) is 0 Å². The smallest absolute Gasteiger partial charge is 0.305 e. The van der Waals surface area contributed by atoms with E-state index >= 15 is 0 Å². The Morgan fingerprint density at radius 1 is 1.53 bits per heavy atom. The van der Waals surface area contributed by atoms with Gasteiger partial charge in [0.1, 0.15) is 0 Å². The number of aromatic nitrogens is 2. The van der Waals surface area contributed by atoms with Crippen LogP contribution in [0.5, 0.6) is 0 Å². The van der Waals surface area contributed by atoms with Crippen LogP contribution in [0.1, 0.15) is 20.3 Å². The summed E-state index contributed by atoms with van der Waals surface area (Å²) >= 11 is 0. The van der Waals surface area contributed by atoms with Gasteiger partial charge in [0.25, 0.3) is 5.56 Å². The molecule has 94 valence electrons. The van der Waals surface area contributed by atoms with E-state index in [0.717, 1.165) is 0 Å². The number of carboxylic acids is 1. The first kappa shape index (κ1) is 13.2. The van der Waals surface area contributed by atoms with Crippen LogP contribution in [0.2, 0.25) is 0 Å². The van der Waals surface area contributed by atoms with Crippen molar-refractivity contribution in [1.29, 1.82) is 0 Å². The average molecular weight is 239 g/mol. The fourth-order valence-corrected chi connectivity index (χ4v) is 1.55. The maximum absolute atomic E-state index is 12.0. The number of nitrogens with zero attached hydrogens (tertiary/aromatic N) is 3. The minimum atomic E-state index is -0.879. The molecule has 0 bridgehead atoms. The minimum absolute atomic E-state index is 0.00399. The lowest BCUT2D eigenvalue weighted by Crippen LogP contribution is -2.34. The summed E-state index contributed by atoms with van der Waals surface area (Å²) in [6.45, 7) is 5.17. The van der Waals surface area contributed by atoms with E-state index in [1.54, 1.807) is 21.9 Å². The summed E-state index contributed by atoms with van der Waals surface area (Å²) in [6.07, 6.45) is 3.18. The number of aliphatic carboxylic acids is 1. The molecule has 0 aliphatic rings. The Morgan fingerprint density at radius 2 is 2.24 bits per heavy atom. The number of carboxylic acid groups (broad SMARTS) is 1. The highest BCUT2D eigenvalue weighted by Crippen LogP contribution is 2.04. The van der Waals surface area contributed by atoms with E-state index < -0.39 is 5.97 Å². The Kier molecular flexibility index (Phi) is 4.68. The van der Waals surface area contributed by atoms with Gasteiger partial charge >= 0.3 is 5.97 Å². The Bertz CT molecular complexity index is 442. The van der Waals surface area contributed by atoms with Crippen molar-refractivity contribution < 1.29 is 9.90 Å². The van der Waals surface area contributed by atoms with E-state index in [1.807, 2.05) is 13.8 Å². The second kappa shape index (κ2) is 6.03. The molecule has 0 amide bonds. The lowest BCUT2D eigenvalue weighted by molar-refractivity contribution is -0.136. The lowest BCUT2D eigenvalue weighted by atomic mass is 10.3. The molecule has 0 aromatic carbocycles. The molecule has 0 spiro atoms. The predicted molar refractivity (Wildman–Crippen MR) is 64.3 cm³/mol. The predicted octanol–water partition coefficient (Wildman–Crippen LogP) is 0.564. The van der Waals surface area contributed by atoms with Crippen LogP contribution in [0.4, 0.5) is 5.82 Å². The van der Waals surface area contributed by atoms with Crippen LogP contribution < -0.4 is 10.5 Å². The molecule has 0 aliphatic heterocycles. The Labute approximate surface area is 99.5 Å². The van der Waals surface area contributed by atoms with Crippen molar-refractivity contribution in [2.45, 2.75) is 26.8 Å². The van der Waals surface area contributed by atoms with Gasteiger partial charge in [-0.25, -0.2) is 4.98 Å². The fraction of sp³-hybridized carbons (Fsp3) is 0.545. The highest BCUT2D eigenvalue weighted by Gasteiger charge is 2.12. The van der Waals surface area contributed by atoms with E-state index in [1.165, 1.54) is 0 Å². The quantitative estimate of drug-likeness (QED) is 0.785. The van der Waals surface area contributed by atoms with Crippen LogP contribution in [0, 0.1) is 0 Å². The van der Waals surface area contributed by atoms with Gasteiger partial charge in [-0.2, -0.15) is 0 Å². The van der Waals surface area contributed by atoms with Crippen molar-refractivity contribution in [3.8, 4) is 0 Å². The highest BCUT2D eigenvalue weighted by molar-refractivity contribution is 5.67. The van der Waals surface area contributed by atoms with Gasteiger partial charge in [-0.15, -0.1) is 0 Å². The van der Waals surface area contributed by atoms with Crippen LogP contribution in [0.3, 0.4) is 0 Å². The number of hydrogen-bond acceptors (Lipinski definition) is 4. The molecule has 0 atom stereocenters. The Balaban J connectivity index is 2.95. The van der Waals surface area contributed by atoms with Crippen LogP contribution in [0.25, 0.3) is 0 Å². The second-order valence-corrected chi connectivity index (χ2v) is 3.57. The van der Waals surface area contributed by atoms with Crippen molar-refractivity contribution >= 4 is 11.8 Å². The molecule has 0 saturated heterocycles. The molecule has 1 N–H and O–H groups in total. The molecule has 17 heavy (non-hydrogen) atoms. The number of anilines is 1. The highest BCUT2D eigenvalue weighted by atomic mass is 16.4. The first-order valence-electron chi connectivity index (χ1n) is 5.62. The van der Waals surface area contributed by atoms with Crippen molar-refractivity contribution in [3.63, 3.8) is 0 Å². The van der Waals surface area contributed by atoms with E-state index in [9.17, 15) is 9.59 Å². The second-order valence-electron chi connectivity index (χ2n) is 3.57. The SMILES string of the molecule is CCN(CCC(=O)O)c1nccn(CC)c1=O. The Hall–Kier alpha value is -1.85. The topological polar surface area (TPSA) is 75.4 Å². The van der Waals surface area contributed by atoms with Gasteiger partial charge in [0.05, 0.1) is 6.42 Å². The summed E-state index contributed by atoms with van der Waals surface area (Å²) in [5.74, 6) is -0.562. The number of aryl methyl sites for hydroxylation is 1. The van der Waals surface area contributed by atoms with Crippen molar-refractivity contribution in [1.82, 2.24) is 9.55 Å². The Morgan fingerprint density at radius 3 is 2.76 bits per heavy atom. The molecule has 0 fully saturated rings. The molecule has 1 aromatic rings. The van der Waals surface area contributed by atoms with Gasteiger partial charge in [0, 0.05) is 32.0 Å². The zero-order valence-electron chi connectivity index (χ0n) is 10.1. The summed E-state index contributed by atoms with van der Waals surface area (Å²) in [4.78, 5) is 28.2. The molecular weight excluding hydrogens is 222 g/mol. The summed E-state index contributed by atoms with van der Waals surface area (Å²) in [5.41, 5.74) is -0.178. The third-order valence-electron chi connectivity index (χ3n) is 2.51. The third kappa shape index (κ3) is 3.30. The molecule has 1 heterocycles. The van der Waals surface area contributed by atoms with Gasteiger partial charge in [-0.3, -0.25) is 9.59 Å². The molecule has 0 unspecified atom stereocenters.